The molecular weight excluding hydrogens is 288 g/mol. The smallest absolute Gasteiger partial charge is 0.248 e. The van der Waals surface area contributed by atoms with E-state index >= 15 is 0 Å². The number of carbonyl (C=O) groups is 1. The summed E-state index contributed by atoms with van der Waals surface area (Å²) in [6, 6.07) is 23.0. The first-order chi connectivity index (χ1) is 11.2. The Morgan fingerprint density at radius 2 is 1.30 bits per heavy atom. The van der Waals surface area contributed by atoms with Crippen molar-refractivity contribution in [2.24, 2.45) is 5.73 Å². The molecule has 112 valence electrons. The van der Waals surface area contributed by atoms with Gasteiger partial charge in [-0.25, -0.2) is 0 Å². The molecule has 0 saturated carbocycles. The van der Waals surface area contributed by atoms with Gasteiger partial charge in [0.1, 0.15) is 0 Å². The normalized spacial score (nSPS) is 12.1. The molecule has 1 amide bonds. The fraction of sp³-hybridized carbons (Fsp3) is 0. The monoisotopic (exact) mass is 302 g/mol. The summed E-state index contributed by atoms with van der Waals surface area (Å²) in [5.74, 6) is 1.16. The van der Waals surface area contributed by atoms with Crippen LogP contribution in [0.25, 0.3) is 0 Å². The van der Waals surface area contributed by atoms with E-state index < -0.39 is 5.91 Å². The van der Waals surface area contributed by atoms with E-state index in [0.717, 1.165) is 28.6 Å². The van der Waals surface area contributed by atoms with E-state index in [2.05, 4.69) is 4.90 Å². The molecule has 1 aliphatic heterocycles. The van der Waals surface area contributed by atoms with Crippen molar-refractivity contribution in [2.75, 3.05) is 4.90 Å². The van der Waals surface area contributed by atoms with E-state index in [4.69, 9.17) is 10.5 Å². The summed E-state index contributed by atoms with van der Waals surface area (Å²) in [5.41, 5.74) is 8.67. The molecule has 0 bridgehead atoms. The number of nitrogens with zero attached hydrogens (tertiary/aromatic N) is 1. The average molecular weight is 302 g/mol. The van der Waals surface area contributed by atoms with Crippen LogP contribution < -0.4 is 15.4 Å². The molecule has 0 saturated heterocycles. The Morgan fingerprint density at radius 1 is 0.783 bits per heavy atom. The molecule has 4 nitrogen and oxygen atoms in total. The van der Waals surface area contributed by atoms with Crippen molar-refractivity contribution in [3.05, 3.63) is 78.4 Å². The van der Waals surface area contributed by atoms with Crippen molar-refractivity contribution in [1.29, 1.82) is 0 Å². The summed E-state index contributed by atoms with van der Waals surface area (Å²) in [4.78, 5) is 13.4. The Hall–Kier alpha value is -3.27. The van der Waals surface area contributed by atoms with Crippen molar-refractivity contribution >= 4 is 23.0 Å². The maximum atomic E-state index is 11.3. The number of hydrogen-bond donors (Lipinski definition) is 1. The highest BCUT2D eigenvalue weighted by atomic mass is 16.5. The summed E-state index contributed by atoms with van der Waals surface area (Å²) >= 11 is 0. The van der Waals surface area contributed by atoms with Crippen LogP contribution in [-0.2, 0) is 0 Å². The third-order valence-corrected chi connectivity index (χ3v) is 3.84. The van der Waals surface area contributed by atoms with Gasteiger partial charge in [0.2, 0.25) is 5.91 Å². The van der Waals surface area contributed by atoms with E-state index in [1.807, 2.05) is 60.7 Å². The van der Waals surface area contributed by atoms with Crippen molar-refractivity contribution in [3.8, 4) is 11.5 Å². The second-order valence-corrected chi connectivity index (χ2v) is 5.28. The third kappa shape index (κ3) is 2.21. The van der Waals surface area contributed by atoms with Gasteiger partial charge in [0.05, 0.1) is 11.4 Å². The molecule has 0 unspecified atom stereocenters. The van der Waals surface area contributed by atoms with Crippen LogP contribution in [0.5, 0.6) is 11.5 Å². The molecule has 0 fully saturated rings. The Kier molecular flexibility index (Phi) is 3.01. The minimum atomic E-state index is -0.431. The van der Waals surface area contributed by atoms with Crippen molar-refractivity contribution in [3.63, 3.8) is 0 Å². The van der Waals surface area contributed by atoms with Crippen LogP contribution >= 0.6 is 0 Å². The number of fused-ring (bicyclic) bond motifs is 2. The number of hydrogen-bond acceptors (Lipinski definition) is 3. The van der Waals surface area contributed by atoms with E-state index in [9.17, 15) is 4.79 Å². The first kappa shape index (κ1) is 13.4. The van der Waals surface area contributed by atoms with Gasteiger partial charge >= 0.3 is 0 Å². The lowest BCUT2D eigenvalue weighted by Crippen LogP contribution is -2.16. The predicted molar refractivity (Wildman–Crippen MR) is 89.7 cm³/mol. The zero-order valence-corrected chi connectivity index (χ0v) is 12.3. The Labute approximate surface area is 133 Å². The number of rotatable bonds is 2. The number of para-hydroxylation sites is 4. The lowest BCUT2D eigenvalue weighted by Gasteiger charge is -2.32. The molecule has 3 aromatic rings. The van der Waals surface area contributed by atoms with Crippen molar-refractivity contribution in [1.82, 2.24) is 0 Å². The molecule has 0 radical (unpaired) electrons. The Morgan fingerprint density at radius 3 is 1.83 bits per heavy atom. The van der Waals surface area contributed by atoms with Crippen molar-refractivity contribution < 1.29 is 9.53 Å². The molecule has 23 heavy (non-hydrogen) atoms. The summed E-state index contributed by atoms with van der Waals surface area (Å²) in [5, 5.41) is 0. The van der Waals surface area contributed by atoms with Gasteiger partial charge in [-0.1, -0.05) is 24.3 Å². The highest BCUT2D eigenvalue weighted by Crippen LogP contribution is 2.49. The first-order valence-electron chi connectivity index (χ1n) is 7.30. The number of amides is 1. The molecule has 3 aromatic carbocycles. The predicted octanol–water partition coefficient (Wildman–Crippen LogP) is 4.36. The van der Waals surface area contributed by atoms with Gasteiger partial charge in [-0.3, -0.25) is 4.79 Å². The second-order valence-electron chi connectivity index (χ2n) is 5.28. The van der Waals surface area contributed by atoms with Crippen LogP contribution in [0.15, 0.2) is 72.8 Å². The fourth-order valence-corrected chi connectivity index (χ4v) is 2.76. The molecule has 0 spiro atoms. The highest BCUT2D eigenvalue weighted by Gasteiger charge is 2.24. The van der Waals surface area contributed by atoms with Crippen LogP contribution in [-0.4, -0.2) is 5.91 Å². The molecule has 0 atom stereocenters. The number of carbonyl (C=O) groups excluding carboxylic acids is 1. The molecule has 4 rings (SSSR count). The van der Waals surface area contributed by atoms with Gasteiger partial charge in [0.25, 0.3) is 0 Å². The lowest BCUT2D eigenvalue weighted by molar-refractivity contribution is 0.100. The standard InChI is InChI=1S/C19H14N2O2/c20-19(22)13-9-11-14(12-10-13)21-15-5-1-3-7-17(15)23-18-8-4-2-6-16(18)21/h1-12H,(H2,20,22). The third-order valence-electron chi connectivity index (χ3n) is 3.84. The average Bonchev–Trinajstić information content (AvgIpc) is 2.59. The number of nitrogens with two attached hydrogens (primary N) is 1. The maximum Gasteiger partial charge on any atom is 0.248 e. The second kappa shape index (κ2) is 5.18. The first-order valence-corrected chi connectivity index (χ1v) is 7.30. The summed E-state index contributed by atoms with van der Waals surface area (Å²) in [7, 11) is 0. The molecule has 2 N–H and O–H groups in total. The molecule has 1 heterocycles. The fourth-order valence-electron chi connectivity index (χ4n) is 2.76. The Bertz CT molecular complexity index is 842. The minimum absolute atomic E-state index is 0.431. The van der Waals surface area contributed by atoms with Crippen LogP contribution in [0.2, 0.25) is 0 Å². The van der Waals surface area contributed by atoms with Gasteiger partial charge in [-0.05, 0) is 48.5 Å². The maximum absolute atomic E-state index is 11.3. The molecule has 1 aliphatic rings. The van der Waals surface area contributed by atoms with Crippen LogP contribution in [0.1, 0.15) is 10.4 Å². The highest BCUT2D eigenvalue weighted by molar-refractivity contribution is 5.94. The van der Waals surface area contributed by atoms with Gasteiger partial charge in [-0.2, -0.15) is 0 Å². The zero-order valence-electron chi connectivity index (χ0n) is 12.3. The van der Waals surface area contributed by atoms with E-state index in [-0.39, 0.29) is 0 Å². The van der Waals surface area contributed by atoms with Gasteiger partial charge in [0.15, 0.2) is 11.5 Å². The number of benzene rings is 3. The van der Waals surface area contributed by atoms with E-state index in [1.54, 1.807) is 12.1 Å². The topological polar surface area (TPSA) is 55.6 Å². The summed E-state index contributed by atoms with van der Waals surface area (Å²) < 4.78 is 5.98. The molecule has 0 aliphatic carbocycles. The summed E-state index contributed by atoms with van der Waals surface area (Å²) in [6.07, 6.45) is 0. The molecule has 0 aromatic heterocycles. The molecule has 4 heteroatoms. The van der Waals surface area contributed by atoms with Crippen LogP contribution in [0, 0.1) is 0 Å². The van der Waals surface area contributed by atoms with Crippen LogP contribution in [0.4, 0.5) is 17.1 Å². The van der Waals surface area contributed by atoms with Gasteiger partial charge < -0.3 is 15.4 Å². The Balaban J connectivity index is 1.89. The quantitative estimate of drug-likeness (QED) is 0.598. The van der Waals surface area contributed by atoms with Gasteiger partial charge in [0, 0.05) is 11.3 Å². The lowest BCUT2D eigenvalue weighted by atomic mass is 10.1. The number of anilines is 3. The SMILES string of the molecule is NC(=O)c1ccc(N2c3ccccc3Oc3ccccc32)cc1. The number of primary amides is 1. The number of ether oxygens (including phenoxy) is 1. The summed E-state index contributed by atoms with van der Waals surface area (Å²) in [6.45, 7) is 0. The van der Waals surface area contributed by atoms with Gasteiger partial charge in [-0.15, -0.1) is 0 Å². The van der Waals surface area contributed by atoms with E-state index in [1.165, 1.54) is 0 Å². The van der Waals surface area contributed by atoms with Crippen LogP contribution in [0.3, 0.4) is 0 Å². The van der Waals surface area contributed by atoms with E-state index in [0.29, 0.717) is 5.56 Å². The minimum Gasteiger partial charge on any atom is -0.453 e. The zero-order chi connectivity index (χ0) is 15.8. The van der Waals surface area contributed by atoms with Crippen molar-refractivity contribution in [2.45, 2.75) is 0 Å². The molecular formula is C19H14N2O2. The largest absolute Gasteiger partial charge is 0.453 e.